The van der Waals surface area contributed by atoms with E-state index in [0.29, 0.717) is 33.0 Å². The molecule has 0 aliphatic rings. The average Bonchev–Trinajstić information content (AvgIpc) is 2.71. The molecule has 1 N–H and O–H groups in total. The van der Waals surface area contributed by atoms with Gasteiger partial charge in [0.1, 0.15) is 12.4 Å². The molecule has 0 unspecified atom stereocenters. The molecule has 1 aromatic carbocycles. The smallest absolute Gasteiger partial charge is 0.267 e. The fraction of sp³-hybridized carbons (Fsp3) is 0.727. The van der Waals surface area contributed by atoms with E-state index in [-0.39, 0.29) is 13.2 Å². The first kappa shape index (κ1) is 26.8. The van der Waals surface area contributed by atoms with Crippen LogP contribution in [0.15, 0.2) is 24.3 Å². The summed E-state index contributed by atoms with van der Waals surface area (Å²) in [4.78, 5) is 0. The summed E-state index contributed by atoms with van der Waals surface area (Å²) < 4.78 is 51.0. The zero-order valence-electron chi connectivity index (χ0n) is 18.2. The van der Waals surface area contributed by atoms with Gasteiger partial charge in [-0.3, -0.25) is 4.55 Å². The summed E-state index contributed by atoms with van der Waals surface area (Å²) in [7, 11) is -3.96. The fourth-order valence-corrected chi connectivity index (χ4v) is 3.11. The highest BCUT2D eigenvalue weighted by Crippen LogP contribution is 2.15. The van der Waals surface area contributed by atoms with Crippen molar-refractivity contribution in [2.45, 2.75) is 51.9 Å². The van der Waals surface area contributed by atoms with Crippen LogP contribution in [0.4, 0.5) is 0 Å². The SMILES string of the molecule is CCCCCCCCc1ccc(OCCOCCOCCOCCS(=O)(=O)O)cc1. The molecule has 0 spiro atoms. The van der Waals surface area contributed by atoms with Crippen molar-refractivity contribution in [2.24, 2.45) is 0 Å². The first-order chi connectivity index (χ1) is 14.5. The lowest BCUT2D eigenvalue weighted by molar-refractivity contribution is 0.0115. The Morgan fingerprint density at radius 2 is 1.27 bits per heavy atom. The van der Waals surface area contributed by atoms with Crippen LogP contribution in [0.3, 0.4) is 0 Å². The molecule has 1 rings (SSSR count). The van der Waals surface area contributed by atoms with Crippen molar-refractivity contribution in [1.29, 1.82) is 0 Å². The molecule has 0 atom stereocenters. The molecule has 0 radical (unpaired) electrons. The molecule has 0 amide bonds. The highest BCUT2D eigenvalue weighted by atomic mass is 32.2. The Labute approximate surface area is 181 Å². The number of ether oxygens (including phenoxy) is 4. The van der Waals surface area contributed by atoms with Crippen LogP contribution in [-0.4, -0.2) is 65.0 Å². The van der Waals surface area contributed by atoms with Crippen molar-refractivity contribution >= 4 is 10.1 Å². The average molecular weight is 447 g/mol. The summed E-state index contributed by atoms with van der Waals surface area (Å²) in [6.45, 7) is 4.65. The number of hydrogen-bond acceptors (Lipinski definition) is 6. The van der Waals surface area contributed by atoms with Gasteiger partial charge < -0.3 is 18.9 Å². The summed E-state index contributed by atoms with van der Waals surface area (Å²) in [5, 5.41) is 0. The standard InChI is InChI=1S/C22H38O7S/c1-2-3-4-5-6-7-8-21-9-11-22(12-10-21)29-18-17-27-14-13-26-15-16-28-19-20-30(23,24)25/h9-12H,2-8,13-20H2,1H3,(H,23,24,25). The van der Waals surface area contributed by atoms with Gasteiger partial charge in [-0.1, -0.05) is 51.2 Å². The maximum absolute atomic E-state index is 10.5. The maximum atomic E-state index is 10.5. The highest BCUT2D eigenvalue weighted by Gasteiger charge is 2.03. The van der Waals surface area contributed by atoms with E-state index in [1.165, 1.54) is 44.1 Å². The zero-order valence-corrected chi connectivity index (χ0v) is 19.0. The van der Waals surface area contributed by atoms with Crippen molar-refractivity contribution in [1.82, 2.24) is 0 Å². The first-order valence-electron chi connectivity index (χ1n) is 10.9. The second-order valence-electron chi connectivity index (χ2n) is 7.13. The predicted octanol–water partition coefficient (Wildman–Crippen LogP) is 3.91. The Hall–Kier alpha value is -1.19. The number of rotatable bonds is 20. The van der Waals surface area contributed by atoms with Crippen molar-refractivity contribution < 1.29 is 31.9 Å². The normalized spacial score (nSPS) is 11.7. The van der Waals surface area contributed by atoms with Crippen LogP contribution in [0.5, 0.6) is 5.75 Å². The van der Waals surface area contributed by atoms with Crippen LogP contribution < -0.4 is 4.74 Å². The van der Waals surface area contributed by atoms with Gasteiger partial charge >= 0.3 is 0 Å². The minimum Gasteiger partial charge on any atom is -0.491 e. The minimum absolute atomic E-state index is 0.0456. The van der Waals surface area contributed by atoms with Crippen LogP contribution in [0.2, 0.25) is 0 Å². The van der Waals surface area contributed by atoms with Gasteiger partial charge in [-0.05, 0) is 30.5 Å². The molecule has 1 aromatic rings. The number of hydrogen-bond donors (Lipinski definition) is 1. The van der Waals surface area contributed by atoms with Gasteiger partial charge in [0.2, 0.25) is 0 Å². The summed E-state index contributed by atoms with van der Waals surface area (Å²) >= 11 is 0. The third-order valence-electron chi connectivity index (χ3n) is 4.47. The molecule has 7 nitrogen and oxygen atoms in total. The first-order valence-corrected chi connectivity index (χ1v) is 12.5. The molecule has 0 aromatic heterocycles. The van der Waals surface area contributed by atoms with E-state index in [1.54, 1.807) is 0 Å². The number of aryl methyl sites for hydroxylation is 1. The minimum atomic E-state index is -3.96. The Bertz CT molecular complexity index is 617. The molecule has 0 fully saturated rings. The van der Waals surface area contributed by atoms with Crippen LogP contribution in [0.25, 0.3) is 0 Å². The summed E-state index contributed by atoms with van der Waals surface area (Å²) in [5.74, 6) is 0.446. The van der Waals surface area contributed by atoms with Crippen molar-refractivity contribution in [3.8, 4) is 5.75 Å². The van der Waals surface area contributed by atoms with Crippen LogP contribution >= 0.6 is 0 Å². The molecule has 30 heavy (non-hydrogen) atoms. The molecule has 0 aliphatic heterocycles. The zero-order chi connectivity index (χ0) is 21.9. The van der Waals surface area contributed by atoms with Crippen molar-refractivity contribution in [3.05, 3.63) is 29.8 Å². The molecule has 174 valence electrons. The van der Waals surface area contributed by atoms with Crippen molar-refractivity contribution in [2.75, 3.05) is 52.0 Å². The Morgan fingerprint density at radius 3 is 1.87 bits per heavy atom. The lowest BCUT2D eigenvalue weighted by Crippen LogP contribution is -2.15. The maximum Gasteiger partial charge on any atom is 0.267 e. The topological polar surface area (TPSA) is 91.3 Å². The van der Waals surface area contributed by atoms with Gasteiger partial charge in [0, 0.05) is 0 Å². The number of benzene rings is 1. The second-order valence-corrected chi connectivity index (χ2v) is 8.71. The largest absolute Gasteiger partial charge is 0.491 e. The van der Waals surface area contributed by atoms with E-state index in [0.717, 1.165) is 12.2 Å². The van der Waals surface area contributed by atoms with E-state index in [1.807, 2.05) is 12.1 Å². The summed E-state index contributed by atoms with van der Waals surface area (Å²) in [5.41, 5.74) is 1.35. The Balaban J connectivity index is 1.92. The molecule has 0 saturated heterocycles. The van der Waals surface area contributed by atoms with Crippen LogP contribution in [0, 0.1) is 0 Å². The van der Waals surface area contributed by atoms with Gasteiger partial charge in [-0.2, -0.15) is 8.42 Å². The van der Waals surface area contributed by atoms with Crippen molar-refractivity contribution in [3.63, 3.8) is 0 Å². The molecule has 0 aliphatic carbocycles. The summed E-state index contributed by atoms with van der Waals surface area (Å²) in [6.07, 6.45) is 9.01. The third kappa shape index (κ3) is 16.6. The van der Waals surface area contributed by atoms with Gasteiger partial charge in [0.15, 0.2) is 0 Å². The van der Waals surface area contributed by atoms with E-state index in [9.17, 15) is 8.42 Å². The Kier molecular flexibility index (Phi) is 15.6. The van der Waals surface area contributed by atoms with Gasteiger partial charge in [0.25, 0.3) is 10.1 Å². The van der Waals surface area contributed by atoms with Gasteiger partial charge in [-0.25, -0.2) is 0 Å². The molecular weight excluding hydrogens is 408 g/mol. The molecule has 0 bridgehead atoms. The third-order valence-corrected chi connectivity index (χ3v) is 5.15. The van der Waals surface area contributed by atoms with E-state index >= 15 is 0 Å². The number of unbranched alkanes of at least 4 members (excludes halogenated alkanes) is 5. The second kappa shape index (κ2) is 17.5. The highest BCUT2D eigenvalue weighted by molar-refractivity contribution is 7.85. The molecular formula is C22H38O7S. The van der Waals surface area contributed by atoms with Crippen LogP contribution in [0.1, 0.15) is 51.0 Å². The Morgan fingerprint density at radius 1 is 0.733 bits per heavy atom. The molecule has 0 saturated carbocycles. The van der Waals surface area contributed by atoms with E-state index < -0.39 is 15.9 Å². The van der Waals surface area contributed by atoms with E-state index in [2.05, 4.69) is 19.1 Å². The predicted molar refractivity (Wildman–Crippen MR) is 118 cm³/mol. The van der Waals surface area contributed by atoms with Gasteiger partial charge in [0.05, 0.1) is 45.4 Å². The van der Waals surface area contributed by atoms with Crippen LogP contribution in [-0.2, 0) is 30.7 Å². The lowest BCUT2D eigenvalue weighted by atomic mass is 10.0. The molecule has 8 heteroatoms. The fourth-order valence-electron chi connectivity index (χ4n) is 2.79. The molecule has 0 heterocycles. The van der Waals surface area contributed by atoms with Gasteiger partial charge in [-0.15, -0.1) is 0 Å². The lowest BCUT2D eigenvalue weighted by Gasteiger charge is -2.09. The quantitative estimate of drug-likeness (QED) is 0.240. The van der Waals surface area contributed by atoms with E-state index in [4.69, 9.17) is 23.5 Å². The summed E-state index contributed by atoms with van der Waals surface area (Å²) in [6, 6.07) is 8.29. The monoisotopic (exact) mass is 446 g/mol.